The number of hydrogen-bond donors (Lipinski definition) is 1. The van der Waals surface area contributed by atoms with Gasteiger partial charge in [0.1, 0.15) is 0 Å². The maximum absolute atomic E-state index is 10.1. The van der Waals surface area contributed by atoms with Crippen LogP contribution in [0.25, 0.3) is 0 Å². The zero-order chi connectivity index (χ0) is 14.4. The molecule has 0 aliphatic rings. The van der Waals surface area contributed by atoms with E-state index in [-0.39, 0.29) is 12.0 Å². The van der Waals surface area contributed by atoms with Gasteiger partial charge in [-0.2, -0.15) is 0 Å². The second-order valence-electron chi connectivity index (χ2n) is 5.70. The Labute approximate surface area is 121 Å². The van der Waals surface area contributed by atoms with Gasteiger partial charge in [-0.3, -0.25) is 0 Å². The molecule has 0 fully saturated rings. The molecule has 0 aliphatic heterocycles. The number of aliphatic hydroxyl groups excluding tert-OH is 1. The summed E-state index contributed by atoms with van der Waals surface area (Å²) in [4.78, 5) is 2.14. The van der Waals surface area contributed by atoms with E-state index in [0.29, 0.717) is 0 Å². The molecule has 0 saturated carbocycles. The van der Waals surface area contributed by atoms with Gasteiger partial charge in [-0.15, -0.1) is 0 Å². The maximum atomic E-state index is 10.1. The lowest BCUT2D eigenvalue weighted by atomic mass is 9.75. The van der Waals surface area contributed by atoms with Gasteiger partial charge in [0, 0.05) is 12.0 Å². The van der Waals surface area contributed by atoms with E-state index in [0.717, 1.165) is 13.0 Å². The molecule has 2 nitrogen and oxygen atoms in total. The maximum Gasteiger partial charge on any atom is 0.0543 e. The van der Waals surface area contributed by atoms with Crippen molar-refractivity contribution < 1.29 is 5.11 Å². The third-order valence-electron chi connectivity index (χ3n) is 3.69. The molecule has 2 heteroatoms. The van der Waals surface area contributed by atoms with Crippen LogP contribution in [0.3, 0.4) is 0 Å². The van der Waals surface area contributed by atoms with E-state index in [4.69, 9.17) is 0 Å². The highest BCUT2D eigenvalue weighted by atomic mass is 16.3. The summed E-state index contributed by atoms with van der Waals surface area (Å²) < 4.78 is 0. The van der Waals surface area contributed by atoms with Crippen LogP contribution in [0.2, 0.25) is 0 Å². The van der Waals surface area contributed by atoms with Crippen LogP contribution in [0.15, 0.2) is 60.7 Å². The Morgan fingerprint density at radius 3 is 1.95 bits per heavy atom. The number of nitrogens with zero attached hydrogens (tertiary/aromatic N) is 1. The molecule has 1 unspecified atom stereocenters. The highest BCUT2D eigenvalue weighted by molar-refractivity contribution is 5.30. The lowest BCUT2D eigenvalue weighted by molar-refractivity contribution is 0.156. The molecule has 1 atom stereocenters. The normalized spacial score (nSPS) is 14.2. The molecule has 0 amide bonds. The Morgan fingerprint density at radius 1 is 0.900 bits per heavy atom. The first kappa shape index (κ1) is 14.8. The van der Waals surface area contributed by atoms with Crippen molar-refractivity contribution in [3.05, 3.63) is 71.8 Å². The Kier molecular flexibility index (Phi) is 4.94. The number of likely N-dealkylation sites (N-methyl/N-ethyl adjacent to an activating group) is 1. The average molecular weight is 269 g/mol. The summed E-state index contributed by atoms with van der Waals surface area (Å²) in [6, 6.07) is 20.7. The molecule has 106 valence electrons. The van der Waals surface area contributed by atoms with Crippen LogP contribution < -0.4 is 0 Å². The standard InChI is InChI=1S/C18H23NO/c1-19(2)14-18(15-20,17-11-7-4-8-12-17)13-16-9-5-3-6-10-16/h3-12,20H,13-15H2,1-2H3. The highest BCUT2D eigenvalue weighted by Crippen LogP contribution is 2.29. The zero-order valence-electron chi connectivity index (χ0n) is 12.3. The van der Waals surface area contributed by atoms with Crippen molar-refractivity contribution in [1.29, 1.82) is 0 Å². The van der Waals surface area contributed by atoms with Crippen LogP contribution >= 0.6 is 0 Å². The molecule has 0 bridgehead atoms. The topological polar surface area (TPSA) is 23.5 Å². The predicted octanol–water partition coefficient (Wildman–Crippen LogP) is 2.72. The van der Waals surface area contributed by atoms with Gasteiger partial charge in [-0.25, -0.2) is 0 Å². The van der Waals surface area contributed by atoms with Gasteiger partial charge in [0.05, 0.1) is 6.61 Å². The minimum absolute atomic E-state index is 0.143. The SMILES string of the molecule is CN(C)CC(CO)(Cc1ccccc1)c1ccccc1. The zero-order valence-corrected chi connectivity index (χ0v) is 12.3. The molecular formula is C18H23NO. The monoisotopic (exact) mass is 269 g/mol. The first-order chi connectivity index (χ1) is 9.66. The first-order valence-electron chi connectivity index (χ1n) is 7.01. The van der Waals surface area contributed by atoms with Crippen LogP contribution in [0.5, 0.6) is 0 Å². The minimum atomic E-state index is -0.258. The van der Waals surface area contributed by atoms with E-state index < -0.39 is 0 Å². The third kappa shape index (κ3) is 3.47. The molecule has 1 N–H and O–H groups in total. The van der Waals surface area contributed by atoms with Gasteiger partial charge in [-0.1, -0.05) is 60.7 Å². The molecular weight excluding hydrogens is 246 g/mol. The summed E-state index contributed by atoms with van der Waals surface area (Å²) in [6.45, 7) is 0.965. The van der Waals surface area contributed by atoms with Gasteiger partial charge < -0.3 is 10.0 Å². The van der Waals surface area contributed by atoms with E-state index in [2.05, 4.69) is 55.4 Å². The van der Waals surface area contributed by atoms with Crippen molar-refractivity contribution in [2.75, 3.05) is 27.2 Å². The highest BCUT2D eigenvalue weighted by Gasteiger charge is 2.32. The van der Waals surface area contributed by atoms with Crippen LogP contribution in [0, 0.1) is 0 Å². The van der Waals surface area contributed by atoms with Gasteiger partial charge in [0.2, 0.25) is 0 Å². The van der Waals surface area contributed by atoms with Crippen LogP contribution in [0.4, 0.5) is 0 Å². The van der Waals surface area contributed by atoms with Crippen LogP contribution in [-0.4, -0.2) is 37.3 Å². The fourth-order valence-electron chi connectivity index (χ4n) is 2.83. The average Bonchev–Trinajstić information content (AvgIpc) is 2.48. The fraction of sp³-hybridized carbons (Fsp3) is 0.333. The van der Waals surface area contributed by atoms with Crippen molar-refractivity contribution in [1.82, 2.24) is 4.90 Å². The molecule has 0 spiro atoms. The molecule has 0 aliphatic carbocycles. The molecule has 0 aromatic heterocycles. The third-order valence-corrected chi connectivity index (χ3v) is 3.69. The Balaban J connectivity index is 2.37. The Hall–Kier alpha value is -1.64. The molecule has 0 radical (unpaired) electrons. The molecule has 0 heterocycles. The summed E-state index contributed by atoms with van der Waals surface area (Å²) in [7, 11) is 4.11. The molecule has 2 rings (SSSR count). The smallest absolute Gasteiger partial charge is 0.0543 e. The minimum Gasteiger partial charge on any atom is -0.395 e. The fourth-order valence-corrected chi connectivity index (χ4v) is 2.83. The van der Waals surface area contributed by atoms with E-state index in [1.54, 1.807) is 0 Å². The number of aliphatic hydroxyl groups is 1. The number of hydrogen-bond acceptors (Lipinski definition) is 2. The van der Waals surface area contributed by atoms with Crippen molar-refractivity contribution in [3.63, 3.8) is 0 Å². The second kappa shape index (κ2) is 6.69. The second-order valence-corrected chi connectivity index (χ2v) is 5.70. The first-order valence-corrected chi connectivity index (χ1v) is 7.01. The molecule has 2 aromatic carbocycles. The Morgan fingerprint density at radius 2 is 1.45 bits per heavy atom. The van der Waals surface area contributed by atoms with Crippen molar-refractivity contribution in [3.8, 4) is 0 Å². The molecule has 2 aromatic rings. The predicted molar refractivity (Wildman–Crippen MR) is 83.9 cm³/mol. The summed E-state index contributed by atoms with van der Waals surface area (Å²) >= 11 is 0. The quantitative estimate of drug-likeness (QED) is 0.871. The molecule has 0 saturated heterocycles. The molecule has 20 heavy (non-hydrogen) atoms. The van der Waals surface area contributed by atoms with Gasteiger partial charge in [-0.05, 0) is 31.6 Å². The van der Waals surface area contributed by atoms with Crippen molar-refractivity contribution >= 4 is 0 Å². The van der Waals surface area contributed by atoms with Crippen LogP contribution in [0.1, 0.15) is 11.1 Å². The largest absolute Gasteiger partial charge is 0.395 e. The lowest BCUT2D eigenvalue weighted by Crippen LogP contribution is -2.42. The van der Waals surface area contributed by atoms with E-state index >= 15 is 0 Å². The summed E-state index contributed by atoms with van der Waals surface area (Å²) in [5, 5.41) is 10.1. The summed E-state index contributed by atoms with van der Waals surface area (Å²) in [5.41, 5.74) is 2.19. The van der Waals surface area contributed by atoms with Gasteiger partial charge in [0.25, 0.3) is 0 Å². The van der Waals surface area contributed by atoms with E-state index in [1.165, 1.54) is 11.1 Å². The lowest BCUT2D eigenvalue weighted by Gasteiger charge is -2.35. The number of benzene rings is 2. The summed E-state index contributed by atoms with van der Waals surface area (Å²) in [6.07, 6.45) is 0.840. The number of rotatable bonds is 6. The van der Waals surface area contributed by atoms with Crippen LogP contribution in [-0.2, 0) is 11.8 Å². The van der Waals surface area contributed by atoms with E-state index in [9.17, 15) is 5.11 Å². The van der Waals surface area contributed by atoms with Gasteiger partial charge >= 0.3 is 0 Å². The van der Waals surface area contributed by atoms with Gasteiger partial charge in [0.15, 0.2) is 0 Å². The van der Waals surface area contributed by atoms with E-state index in [1.807, 2.05) is 24.3 Å². The Bertz CT molecular complexity index is 509. The van der Waals surface area contributed by atoms with Crippen molar-refractivity contribution in [2.45, 2.75) is 11.8 Å². The summed E-state index contributed by atoms with van der Waals surface area (Å²) in [5.74, 6) is 0. The van der Waals surface area contributed by atoms with Crippen molar-refractivity contribution in [2.24, 2.45) is 0 Å².